The molecule has 2 fully saturated rings. The largest absolute Gasteiger partial charge is 0.473 e. The van der Waals surface area contributed by atoms with Crippen LogP contribution in [0.1, 0.15) is 48.9 Å². The van der Waals surface area contributed by atoms with E-state index in [-0.39, 0.29) is 24.7 Å². The highest BCUT2D eigenvalue weighted by molar-refractivity contribution is 7.99. The number of carbonyl (C=O) groups is 1. The lowest BCUT2D eigenvalue weighted by Crippen LogP contribution is -2.43. The van der Waals surface area contributed by atoms with Crippen molar-refractivity contribution < 1.29 is 14.6 Å². The van der Waals surface area contributed by atoms with Crippen LogP contribution in [0.2, 0.25) is 0 Å². The van der Waals surface area contributed by atoms with Gasteiger partial charge in [0.1, 0.15) is 6.10 Å². The molecule has 1 N–H and O–H groups in total. The fourth-order valence-electron chi connectivity index (χ4n) is 3.50. The van der Waals surface area contributed by atoms with Crippen LogP contribution in [-0.2, 0) is 0 Å². The number of aliphatic hydroxyl groups is 1. The zero-order chi connectivity index (χ0) is 16.8. The second kappa shape index (κ2) is 8.72. The maximum absolute atomic E-state index is 13.0. The van der Waals surface area contributed by atoms with Gasteiger partial charge in [0.15, 0.2) is 0 Å². The first-order valence-corrected chi connectivity index (χ1v) is 10.1. The van der Waals surface area contributed by atoms with Crippen LogP contribution in [0, 0.1) is 0 Å². The average Bonchev–Trinajstić information content (AvgIpc) is 3.13. The van der Waals surface area contributed by atoms with E-state index in [0.717, 1.165) is 43.6 Å². The van der Waals surface area contributed by atoms with Crippen molar-refractivity contribution in [2.75, 3.05) is 24.7 Å². The van der Waals surface area contributed by atoms with E-state index < -0.39 is 0 Å². The second-order valence-electron chi connectivity index (χ2n) is 6.50. The molecule has 0 bridgehead atoms. The Balaban J connectivity index is 1.71. The number of hydrogen-bond acceptors (Lipinski definition) is 5. The summed E-state index contributed by atoms with van der Waals surface area (Å²) in [6, 6.07) is 3.73. The maximum Gasteiger partial charge on any atom is 0.254 e. The summed E-state index contributed by atoms with van der Waals surface area (Å²) in [5.41, 5.74) is 0.602. The van der Waals surface area contributed by atoms with Gasteiger partial charge in [-0.3, -0.25) is 4.79 Å². The number of rotatable bonds is 6. The topological polar surface area (TPSA) is 62.7 Å². The Bertz CT molecular complexity index is 543. The fraction of sp³-hybridized carbons (Fsp3) is 0.667. The van der Waals surface area contributed by atoms with Crippen LogP contribution in [0.4, 0.5) is 0 Å². The molecular formula is C18H26N2O3S. The van der Waals surface area contributed by atoms with Gasteiger partial charge >= 0.3 is 0 Å². The minimum Gasteiger partial charge on any atom is -0.473 e. The number of carbonyl (C=O) groups excluding carboxylic acids is 1. The predicted octanol–water partition coefficient (Wildman–Crippen LogP) is 2.73. The fourth-order valence-corrected chi connectivity index (χ4v) is 4.59. The van der Waals surface area contributed by atoms with Crippen molar-refractivity contribution in [3.8, 4) is 5.88 Å². The molecule has 2 heterocycles. The Labute approximate surface area is 147 Å². The highest BCUT2D eigenvalue weighted by Gasteiger charge is 2.26. The smallest absolute Gasteiger partial charge is 0.254 e. The lowest BCUT2D eigenvalue weighted by Gasteiger charge is -2.34. The summed E-state index contributed by atoms with van der Waals surface area (Å²) in [7, 11) is 0. The van der Waals surface area contributed by atoms with Crippen molar-refractivity contribution in [2.45, 2.75) is 50.7 Å². The summed E-state index contributed by atoms with van der Waals surface area (Å²) in [6.45, 7) is 0.386. The third kappa shape index (κ3) is 4.42. The molecule has 1 aliphatic carbocycles. The molecule has 5 nitrogen and oxygen atoms in total. The number of hydrogen-bond donors (Lipinski definition) is 1. The molecule has 1 amide bonds. The summed E-state index contributed by atoms with van der Waals surface area (Å²) in [5.74, 6) is 2.61. The van der Waals surface area contributed by atoms with Crippen molar-refractivity contribution >= 4 is 17.7 Å². The molecule has 1 unspecified atom stereocenters. The molecule has 0 spiro atoms. The molecule has 1 aliphatic heterocycles. The predicted molar refractivity (Wildman–Crippen MR) is 95.6 cm³/mol. The Morgan fingerprint density at radius 2 is 2.17 bits per heavy atom. The van der Waals surface area contributed by atoms with E-state index >= 15 is 0 Å². The number of aliphatic hydroxyl groups excluding tert-OH is 1. The monoisotopic (exact) mass is 350 g/mol. The van der Waals surface area contributed by atoms with E-state index in [9.17, 15) is 9.90 Å². The minimum atomic E-state index is -0.0241. The Morgan fingerprint density at radius 1 is 1.33 bits per heavy atom. The summed E-state index contributed by atoms with van der Waals surface area (Å²) in [5, 5.41) is 9.37. The molecule has 1 aromatic heterocycles. The number of amides is 1. The van der Waals surface area contributed by atoms with Crippen molar-refractivity contribution in [3.63, 3.8) is 0 Å². The molecule has 1 saturated heterocycles. The number of ether oxygens (including phenoxy) is 1. The molecule has 132 valence electrons. The summed E-state index contributed by atoms with van der Waals surface area (Å²) < 4.78 is 5.90. The van der Waals surface area contributed by atoms with Crippen molar-refractivity contribution in [2.24, 2.45) is 0 Å². The summed E-state index contributed by atoms with van der Waals surface area (Å²) >= 11 is 1.89. The van der Waals surface area contributed by atoms with E-state index in [4.69, 9.17) is 4.74 Å². The molecule has 1 atom stereocenters. The maximum atomic E-state index is 13.0. The van der Waals surface area contributed by atoms with E-state index in [1.807, 2.05) is 16.7 Å². The molecule has 0 radical (unpaired) electrons. The van der Waals surface area contributed by atoms with Crippen LogP contribution < -0.4 is 4.74 Å². The van der Waals surface area contributed by atoms with Crippen molar-refractivity contribution in [1.29, 1.82) is 0 Å². The third-order valence-electron chi connectivity index (χ3n) is 4.77. The van der Waals surface area contributed by atoms with E-state index in [0.29, 0.717) is 18.0 Å². The van der Waals surface area contributed by atoms with Crippen LogP contribution in [0.25, 0.3) is 0 Å². The number of aromatic nitrogens is 1. The quantitative estimate of drug-likeness (QED) is 0.855. The molecule has 3 rings (SSSR count). The first-order chi connectivity index (χ1) is 11.8. The van der Waals surface area contributed by atoms with Gasteiger partial charge in [0, 0.05) is 36.2 Å². The Morgan fingerprint density at radius 3 is 2.88 bits per heavy atom. The zero-order valence-corrected chi connectivity index (χ0v) is 14.8. The first-order valence-electron chi connectivity index (χ1n) is 8.90. The van der Waals surface area contributed by atoms with Crippen LogP contribution in [-0.4, -0.2) is 57.7 Å². The molecule has 0 aromatic carbocycles. The molecular weight excluding hydrogens is 324 g/mol. The average molecular weight is 350 g/mol. The number of nitrogens with zero attached hydrogens (tertiary/aromatic N) is 2. The van der Waals surface area contributed by atoms with Gasteiger partial charge in [0.25, 0.3) is 5.91 Å². The molecule has 1 aromatic rings. The highest BCUT2D eigenvalue weighted by Crippen LogP contribution is 2.25. The molecule has 1 saturated carbocycles. The van der Waals surface area contributed by atoms with Gasteiger partial charge in [0.05, 0.1) is 6.61 Å². The van der Waals surface area contributed by atoms with Gasteiger partial charge in [-0.15, -0.1) is 0 Å². The van der Waals surface area contributed by atoms with Gasteiger partial charge in [-0.25, -0.2) is 4.98 Å². The van der Waals surface area contributed by atoms with Crippen molar-refractivity contribution in [1.82, 2.24) is 9.88 Å². The standard InChI is InChI=1S/C18H26N2O3S/c21-10-9-20(15-4-2-1-3-5-15)18(22)14-6-8-19-17(12-14)23-16-7-11-24-13-16/h6,8,12,15-16,21H,1-5,7,9-11,13H2. The SMILES string of the molecule is O=C(c1ccnc(OC2CCSC2)c1)N(CCO)C1CCCCC1. The summed E-state index contributed by atoms with van der Waals surface area (Å²) in [4.78, 5) is 19.0. The van der Waals surface area contributed by atoms with Gasteiger partial charge < -0.3 is 14.7 Å². The lowest BCUT2D eigenvalue weighted by molar-refractivity contribution is 0.0584. The highest BCUT2D eigenvalue weighted by atomic mass is 32.2. The molecule has 2 aliphatic rings. The number of thioether (sulfide) groups is 1. The number of pyridine rings is 1. The van der Waals surface area contributed by atoms with Crippen LogP contribution in [0.3, 0.4) is 0 Å². The zero-order valence-electron chi connectivity index (χ0n) is 14.0. The molecule has 6 heteroatoms. The first kappa shape index (κ1) is 17.5. The van der Waals surface area contributed by atoms with Gasteiger partial charge in [-0.1, -0.05) is 19.3 Å². The lowest BCUT2D eigenvalue weighted by atomic mass is 9.93. The van der Waals surface area contributed by atoms with Gasteiger partial charge in [0.2, 0.25) is 5.88 Å². The normalized spacial score (nSPS) is 21.6. The third-order valence-corrected chi connectivity index (χ3v) is 5.91. The van der Waals surface area contributed by atoms with E-state index in [2.05, 4.69) is 4.98 Å². The van der Waals surface area contributed by atoms with Crippen molar-refractivity contribution in [3.05, 3.63) is 23.9 Å². The minimum absolute atomic E-state index is 0.00399. The van der Waals surface area contributed by atoms with Crippen LogP contribution >= 0.6 is 11.8 Å². The Hall–Kier alpha value is -1.27. The second-order valence-corrected chi connectivity index (χ2v) is 7.65. The summed E-state index contributed by atoms with van der Waals surface area (Å²) in [6.07, 6.45) is 8.47. The van der Waals surface area contributed by atoms with Crippen LogP contribution in [0.15, 0.2) is 18.3 Å². The van der Waals surface area contributed by atoms with E-state index in [1.54, 1.807) is 18.3 Å². The molecule has 24 heavy (non-hydrogen) atoms. The Kier molecular flexibility index (Phi) is 6.37. The van der Waals surface area contributed by atoms with E-state index in [1.165, 1.54) is 6.42 Å². The van der Waals surface area contributed by atoms with Gasteiger partial charge in [-0.2, -0.15) is 11.8 Å². The van der Waals surface area contributed by atoms with Crippen LogP contribution in [0.5, 0.6) is 5.88 Å². The van der Waals surface area contributed by atoms with Gasteiger partial charge in [-0.05, 0) is 31.1 Å².